The summed E-state index contributed by atoms with van der Waals surface area (Å²) in [6.45, 7) is 5.32. The Hall–Kier alpha value is -1.73. The number of hydrogen-bond donors (Lipinski definition) is 1. The number of aliphatic hydroxyl groups excluding tert-OH is 1. The van der Waals surface area contributed by atoms with E-state index in [0.29, 0.717) is 0 Å². The molecule has 0 bridgehead atoms. The second-order valence-electron chi connectivity index (χ2n) is 4.74. The van der Waals surface area contributed by atoms with Crippen molar-refractivity contribution in [3.63, 3.8) is 0 Å². The summed E-state index contributed by atoms with van der Waals surface area (Å²) in [5, 5.41) is 10.5. The lowest BCUT2D eigenvalue weighted by atomic mass is 10.3. The average molecular weight is 291 g/mol. The van der Waals surface area contributed by atoms with Gasteiger partial charge in [0.05, 0.1) is 11.0 Å². The zero-order chi connectivity index (χ0) is 13.9. The Morgan fingerprint density at radius 1 is 1.10 bits per heavy atom. The predicted octanol–water partition coefficient (Wildman–Crippen LogP) is 1.31. The second-order valence-corrected chi connectivity index (χ2v) is 5.78. The number of aliphatic hydroxyl groups is 1. The van der Waals surface area contributed by atoms with E-state index in [4.69, 9.17) is 0 Å². The van der Waals surface area contributed by atoms with Crippen LogP contribution in [0, 0.1) is 0 Å². The summed E-state index contributed by atoms with van der Waals surface area (Å²) in [5.41, 5.74) is 0. The Morgan fingerprint density at radius 3 is 2.35 bits per heavy atom. The maximum Gasteiger partial charge on any atom is 0.225 e. The third kappa shape index (κ3) is 2.73. The van der Waals surface area contributed by atoms with Gasteiger partial charge < -0.3 is 14.9 Å². The van der Waals surface area contributed by atoms with Gasteiger partial charge in [-0.1, -0.05) is 11.3 Å². The first-order valence-corrected chi connectivity index (χ1v) is 7.46. The van der Waals surface area contributed by atoms with Gasteiger partial charge in [-0.15, -0.1) is 0 Å². The summed E-state index contributed by atoms with van der Waals surface area (Å²) >= 11 is 1.56. The van der Waals surface area contributed by atoms with Crippen LogP contribution in [0.1, 0.15) is 17.9 Å². The molecule has 106 valence electrons. The molecule has 1 aliphatic heterocycles. The van der Waals surface area contributed by atoms with Crippen molar-refractivity contribution in [3.8, 4) is 0 Å². The molecule has 6 nitrogen and oxygen atoms in total. The maximum absolute atomic E-state index is 9.55. The smallest absolute Gasteiger partial charge is 0.225 e. The van der Waals surface area contributed by atoms with Gasteiger partial charge in [-0.25, -0.2) is 15.0 Å². The summed E-state index contributed by atoms with van der Waals surface area (Å²) in [6.07, 6.45) is 4.85. The molecule has 1 atom stereocenters. The average Bonchev–Trinajstić information content (AvgIpc) is 2.98. The minimum atomic E-state index is -0.444. The van der Waals surface area contributed by atoms with Crippen LogP contribution in [-0.4, -0.2) is 46.2 Å². The van der Waals surface area contributed by atoms with Crippen molar-refractivity contribution in [1.29, 1.82) is 0 Å². The number of rotatable bonds is 3. The van der Waals surface area contributed by atoms with Gasteiger partial charge in [0.1, 0.15) is 0 Å². The summed E-state index contributed by atoms with van der Waals surface area (Å²) in [7, 11) is 0. The Labute approximate surface area is 121 Å². The van der Waals surface area contributed by atoms with E-state index in [2.05, 4.69) is 24.8 Å². The number of nitrogens with zero attached hydrogens (tertiary/aromatic N) is 5. The maximum atomic E-state index is 9.55. The molecular weight excluding hydrogens is 274 g/mol. The minimum Gasteiger partial charge on any atom is -0.388 e. The molecule has 2 aromatic rings. The van der Waals surface area contributed by atoms with Crippen LogP contribution in [0.25, 0.3) is 0 Å². The van der Waals surface area contributed by atoms with Crippen LogP contribution >= 0.6 is 11.3 Å². The molecule has 0 aromatic carbocycles. The van der Waals surface area contributed by atoms with Gasteiger partial charge in [0.15, 0.2) is 5.13 Å². The molecule has 3 rings (SSSR count). The van der Waals surface area contributed by atoms with E-state index in [1.165, 1.54) is 0 Å². The Kier molecular flexibility index (Phi) is 3.79. The van der Waals surface area contributed by atoms with E-state index in [-0.39, 0.29) is 0 Å². The van der Waals surface area contributed by atoms with E-state index >= 15 is 0 Å². The van der Waals surface area contributed by atoms with Crippen molar-refractivity contribution in [2.24, 2.45) is 0 Å². The number of anilines is 2. The molecule has 3 heterocycles. The largest absolute Gasteiger partial charge is 0.388 e. The predicted molar refractivity (Wildman–Crippen MR) is 79.2 cm³/mol. The van der Waals surface area contributed by atoms with Gasteiger partial charge in [-0.3, -0.25) is 0 Å². The van der Waals surface area contributed by atoms with E-state index in [9.17, 15) is 5.11 Å². The van der Waals surface area contributed by atoms with Crippen LogP contribution in [0.4, 0.5) is 11.1 Å². The molecule has 1 N–H and O–H groups in total. The molecule has 0 aliphatic carbocycles. The molecule has 2 aromatic heterocycles. The third-order valence-corrected chi connectivity index (χ3v) is 4.54. The topological polar surface area (TPSA) is 65.4 Å². The van der Waals surface area contributed by atoms with Crippen molar-refractivity contribution in [3.05, 3.63) is 29.5 Å². The lowest BCUT2D eigenvalue weighted by Crippen LogP contribution is -2.47. The highest BCUT2D eigenvalue weighted by Gasteiger charge is 2.21. The van der Waals surface area contributed by atoms with Gasteiger partial charge in [0, 0.05) is 44.8 Å². The summed E-state index contributed by atoms with van der Waals surface area (Å²) in [4.78, 5) is 18.3. The zero-order valence-corrected chi connectivity index (χ0v) is 12.1. The first kappa shape index (κ1) is 13.3. The quantitative estimate of drug-likeness (QED) is 0.920. The highest BCUT2D eigenvalue weighted by Crippen LogP contribution is 2.27. The highest BCUT2D eigenvalue weighted by atomic mass is 32.1. The summed E-state index contributed by atoms with van der Waals surface area (Å²) in [5.74, 6) is 0.788. The molecule has 1 fully saturated rings. The van der Waals surface area contributed by atoms with Crippen molar-refractivity contribution < 1.29 is 5.11 Å². The molecule has 1 unspecified atom stereocenters. The SMILES string of the molecule is CC(O)c1cnc(N2CCN(c3ncccn3)CC2)s1. The molecular formula is C13H17N5OS. The van der Waals surface area contributed by atoms with Gasteiger partial charge in [-0.05, 0) is 13.0 Å². The van der Waals surface area contributed by atoms with Gasteiger partial charge in [0.2, 0.25) is 5.95 Å². The Balaban J connectivity index is 1.63. The summed E-state index contributed by atoms with van der Waals surface area (Å²) < 4.78 is 0. The molecule has 0 saturated carbocycles. The van der Waals surface area contributed by atoms with E-state index in [1.807, 2.05) is 6.07 Å². The number of aromatic nitrogens is 3. The lowest BCUT2D eigenvalue weighted by molar-refractivity contribution is 0.203. The molecule has 0 amide bonds. The zero-order valence-electron chi connectivity index (χ0n) is 11.3. The molecule has 20 heavy (non-hydrogen) atoms. The van der Waals surface area contributed by atoms with Crippen molar-refractivity contribution in [2.45, 2.75) is 13.0 Å². The first-order valence-electron chi connectivity index (χ1n) is 6.65. The van der Waals surface area contributed by atoms with E-state index in [1.54, 1.807) is 36.9 Å². The van der Waals surface area contributed by atoms with Crippen LogP contribution < -0.4 is 9.80 Å². The number of piperazine rings is 1. The standard InChI is InChI=1S/C13H17N5OS/c1-10(19)11-9-16-13(20-11)18-7-5-17(6-8-18)12-14-3-2-4-15-12/h2-4,9-10,19H,5-8H2,1H3. The molecule has 0 radical (unpaired) electrons. The monoisotopic (exact) mass is 291 g/mol. The van der Waals surface area contributed by atoms with Crippen molar-refractivity contribution >= 4 is 22.4 Å². The van der Waals surface area contributed by atoms with Crippen LogP contribution in [0.3, 0.4) is 0 Å². The summed E-state index contributed by atoms with van der Waals surface area (Å²) in [6, 6.07) is 1.83. The molecule has 7 heteroatoms. The number of thiazole rings is 1. The Morgan fingerprint density at radius 2 is 1.75 bits per heavy atom. The van der Waals surface area contributed by atoms with Crippen LogP contribution in [0.15, 0.2) is 24.7 Å². The fourth-order valence-electron chi connectivity index (χ4n) is 2.17. The molecule has 1 saturated heterocycles. The van der Waals surface area contributed by atoms with Gasteiger partial charge in [-0.2, -0.15) is 0 Å². The van der Waals surface area contributed by atoms with Crippen LogP contribution in [0.5, 0.6) is 0 Å². The normalized spacial score (nSPS) is 17.3. The fraction of sp³-hybridized carbons (Fsp3) is 0.462. The minimum absolute atomic E-state index is 0.444. The first-order chi connectivity index (χ1) is 9.74. The van der Waals surface area contributed by atoms with Gasteiger partial charge >= 0.3 is 0 Å². The van der Waals surface area contributed by atoms with E-state index < -0.39 is 6.10 Å². The Bertz CT molecular complexity index is 551. The third-order valence-electron chi connectivity index (χ3n) is 3.31. The highest BCUT2D eigenvalue weighted by molar-refractivity contribution is 7.15. The van der Waals surface area contributed by atoms with Crippen molar-refractivity contribution in [1.82, 2.24) is 15.0 Å². The number of hydrogen-bond acceptors (Lipinski definition) is 7. The van der Waals surface area contributed by atoms with Gasteiger partial charge in [0.25, 0.3) is 0 Å². The fourth-order valence-corrected chi connectivity index (χ4v) is 3.07. The lowest BCUT2D eigenvalue weighted by Gasteiger charge is -2.34. The van der Waals surface area contributed by atoms with E-state index in [0.717, 1.165) is 42.1 Å². The molecule has 0 spiro atoms. The van der Waals surface area contributed by atoms with Crippen LogP contribution in [0.2, 0.25) is 0 Å². The second kappa shape index (κ2) is 5.72. The molecule has 1 aliphatic rings. The van der Waals surface area contributed by atoms with Crippen molar-refractivity contribution in [2.75, 3.05) is 36.0 Å². The van der Waals surface area contributed by atoms with Crippen LogP contribution in [-0.2, 0) is 0 Å².